The van der Waals surface area contributed by atoms with Gasteiger partial charge >= 0.3 is 0 Å². The highest BCUT2D eigenvalue weighted by Crippen LogP contribution is 2.32. The van der Waals surface area contributed by atoms with Crippen molar-refractivity contribution in [3.63, 3.8) is 0 Å². The third kappa shape index (κ3) is 2.33. The van der Waals surface area contributed by atoms with Crippen molar-refractivity contribution in [2.75, 3.05) is 11.4 Å². The number of carbonyl (C=O) groups excluding carboxylic acids is 1. The second-order valence-electron chi connectivity index (χ2n) is 5.27. The number of benzene rings is 1. The Labute approximate surface area is 132 Å². The predicted molar refractivity (Wildman–Crippen MR) is 86.0 cm³/mol. The van der Waals surface area contributed by atoms with Gasteiger partial charge in [-0.2, -0.15) is 0 Å². The van der Waals surface area contributed by atoms with Gasteiger partial charge in [-0.3, -0.25) is 4.79 Å². The molecule has 0 aliphatic carbocycles. The minimum absolute atomic E-state index is 0.161. The second-order valence-corrected chi connectivity index (χ2v) is 6.30. The van der Waals surface area contributed by atoms with Gasteiger partial charge in [0.05, 0.1) is 12.6 Å². The van der Waals surface area contributed by atoms with Gasteiger partial charge in [0.1, 0.15) is 0 Å². The van der Waals surface area contributed by atoms with Crippen LogP contribution in [0, 0.1) is 0 Å². The van der Waals surface area contributed by atoms with Gasteiger partial charge < -0.3 is 9.42 Å². The molecule has 4 nitrogen and oxygen atoms in total. The Balaban J connectivity index is 1.59. The van der Waals surface area contributed by atoms with Crippen molar-refractivity contribution in [1.82, 2.24) is 5.16 Å². The zero-order valence-electron chi connectivity index (χ0n) is 11.9. The summed E-state index contributed by atoms with van der Waals surface area (Å²) >= 11 is 1.63. The van der Waals surface area contributed by atoms with Crippen molar-refractivity contribution >= 4 is 22.9 Å². The standard InChI is InChI=1S/C17H14N2O2S/c20-17(11-14-2-1-9-22-14)19-8-6-12-10-13(3-4-15(12)19)16-5-7-18-21-16/h1-5,7,9-10H,6,8,11H2. The average Bonchev–Trinajstić information content (AvgIpc) is 3.27. The zero-order valence-corrected chi connectivity index (χ0v) is 12.7. The number of amides is 1. The molecule has 0 saturated carbocycles. The van der Waals surface area contributed by atoms with Crippen molar-refractivity contribution in [2.45, 2.75) is 12.8 Å². The molecule has 2 aromatic heterocycles. The molecule has 3 aromatic rings. The maximum Gasteiger partial charge on any atom is 0.232 e. The summed E-state index contributed by atoms with van der Waals surface area (Å²) in [5, 5.41) is 5.74. The second kappa shape index (κ2) is 5.42. The summed E-state index contributed by atoms with van der Waals surface area (Å²) in [5.41, 5.74) is 3.21. The Hall–Kier alpha value is -2.40. The number of nitrogens with zero attached hydrogens (tertiary/aromatic N) is 2. The van der Waals surface area contributed by atoms with Gasteiger partial charge in [0, 0.05) is 28.7 Å². The van der Waals surface area contributed by atoms with E-state index in [1.807, 2.05) is 40.6 Å². The first-order chi connectivity index (χ1) is 10.8. The highest BCUT2D eigenvalue weighted by molar-refractivity contribution is 7.10. The number of hydrogen-bond acceptors (Lipinski definition) is 4. The molecule has 0 bridgehead atoms. The highest BCUT2D eigenvalue weighted by atomic mass is 32.1. The minimum atomic E-state index is 0.161. The van der Waals surface area contributed by atoms with E-state index in [2.05, 4.69) is 11.2 Å². The number of anilines is 1. The van der Waals surface area contributed by atoms with Crippen LogP contribution in [-0.2, 0) is 17.6 Å². The van der Waals surface area contributed by atoms with Crippen molar-refractivity contribution in [3.05, 3.63) is 58.4 Å². The molecule has 0 fully saturated rings. The third-order valence-electron chi connectivity index (χ3n) is 3.90. The lowest BCUT2D eigenvalue weighted by atomic mass is 10.1. The summed E-state index contributed by atoms with van der Waals surface area (Å²) < 4.78 is 5.19. The predicted octanol–water partition coefficient (Wildman–Crippen LogP) is 3.53. The summed E-state index contributed by atoms with van der Waals surface area (Å²) in [6.07, 6.45) is 2.99. The Bertz CT molecular complexity index is 794. The molecule has 5 heteroatoms. The fourth-order valence-corrected chi connectivity index (χ4v) is 3.53. The highest BCUT2D eigenvalue weighted by Gasteiger charge is 2.25. The molecule has 0 N–H and O–H groups in total. The lowest BCUT2D eigenvalue weighted by molar-refractivity contribution is -0.117. The molecular weight excluding hydrogens is 296 g/mol. The Kier molecular flexibility index (Phi) is 3.27. The van der Waals surface area contributed by atoms with Crippen LogP contribution in [0.3, 0.4) is 0 Å². The van der Waals surface area contributed by atoms with E-state index in [1.54, 1.807) is 17.5 Å². The maximum atomic E-state index is 12.5. The van der Waals surface area contributed by atoms with Crippen molar-refractivity contribution in [3.8, 4) is 11.3 Å². The van der Waals surface area contributed by atoms with Gasteiger partial charge in [-0.15, -0.1) is 11.3 Å². The van der Waals surface area contributed by atoms with E-state index in [9.17, 15) is 4.79 Å². The number of hydrogen-bond donors (Lipinski definition) is 0. The summed E-state index contributed by atoms with van der Waals surface area (Å²) in [5.74, 6) is 0.916. The van der Waals surface area contributed by atoms with Gasteiger partial charge in [0.25, 0.3) is 0 Å². The van der Waals surface area contributed by atoms with Gasteiger partial charge in [-0.25, -0.2) is 0 Å². The Morgan fingerprint density at radius 1 is 1.32 bits per heavy atom. The molecule has 0 atom stereocenters. The van der Waals surface area contributed by atoms with E-state index >= 15 is 0 Å². The number of rotatable bonds is 3. The molecule has 1 aliphatic rings. The average molecular weight is 310 g/mol. The molecule has 1 aliphatic heterocycles. The van der Waals surface area contributed by atoms with E-state index in [0.717, 1.165) is 34.9 Å². The summed E-state index contributed by atoms with van der Waals surface area (Å²) in [4.78, 5) is 15.5. The van der Waals surface area contributed by atoms with Crippen LogP contribution in [0.4, 0.5) is 5.69 Å². The van der Waals surface area contributed by atoms with Crippen molar-refractivity contribution in [1.29, 1.82) is 0 Å². The first-order valence-electron chi connectivity index (χ1n) is 7.18. The lowest BCUT2D eigenvalue weighted by Gasteiger charge is -2.17. The number of aromatic nitrogens is 1. The quantitative estimate of drug-likeness (QED) is 0.743. The molecule has 0 radical (unpaired) electrons. The van der Waals surface area contributed by atoms with E-state index < -0.39 is 0 Å². The van der Waals surface area contributed by atoms with Crippen LogP contribution in [0.2, 0.25) is 0 Å². The third-order valence-corrected chi connectivity index (χ3v) is 4.78. The van der Waals surface area contributed by atoms with Gasteiger partial charge in [-0.05, 0) is 41.6 Å². The Morgan fingerprint density at radius 3 is 3.05 bits per heavy atom. The van der Waals surface area contributed by atoms with Gasteiger partial charge in [-0.1, -0.05) is 11.2 Å². The summed E-state index contributed by atoms with van der Waals surface area (Å²) in [7, 11) is 0. The molecule has 0 unspecified atom stereocenters. The lowest BCUT2D eigenvalue weighted by Crippen LogP contribution is -2.30. The fourth-order valence-electron chi connectivity index (χ4n) is 2.84. The number of fused-ring (bicyclic) bond motifs is 1. The SMILES string of the molecule is O=C(Cc1cccs1)N1CCc2cc(-c3ccno3)ccc21. The van der Waals surface area contributed by atoms with Crippen LogP contribution in [0.25, 0.3) is 11.3 Å². The molecule has 1 aromatic carbocycles. The summed E-state index contributed by atoms with van der Waals surface area (Å²) in [6, 6.07) is 11.9. The first-order valence-corrected chi connectivity index (χ1v) is 8.06. The number of carbonyl (C=O) groups is 1. The zero-order chi connectivity index (χ0) is 14.9. The molecule has 0 saturated heterocycles. The molecule has 1 amide bonds. The van der Waals surface area contributed by atoms with Crippen LogP contribution in [0.1, 0.15) is 10.4 Å². The summed E-state index contributed by atoms with van der Waals surface area (Å²) in [6.45, 7) is 0.749. The van der Waals surface area contributed by atoms with Gasteiger partial charge in [0.2, 0.25) is 5.91 Å². The topological polar surface area (TPSA) is 46.3 Å². The van der Waals surface area contributed by atoms with Crippen LogP contribution in [0.15, 0.2) is 52.5 Å². The van der Waals surface area contributed by atoms with E-state index in [4.69, 9.17) is 4.52 Å². The molecule has 4 rings (SSSR count). The van der Waals surface area contributed by atoms with E-state index in [-0.39, 0.29) is 5.91 Å². The molecule has 0 spiro atoms. The van der Waals surface area contributed by atoms with Gasteiger partial charge in [0.15, 0.2) is 5.76 Å². The number of thiophene rings is 1. The van der Waals surface area contributed by atoms with Crippen LogP contribution < -0.4 is 4.90 Å². The van der Waals surface area contributed by atoms with E-state index in [1.165, 1.54) is 5.56 Å². The molecule has 22 heavy (non-hydrogen) atoms. The van der Waals surface area contributed by atoms with Crippen molar-refractivity contribution < 1.29 is 9.32 Å². The van der Waals surface area contributed by atoms with Crippen molar-refractivity contribution in [2.24, 2.45) is 0 Å². The monoisotopic (exact) mass is 310 g/mol. The van der Waals surface area contributed by atoms with Crippen LogP contribution in [0.5, 0.6) is 0 Å². The fraction of sp³-hybridized carbons (Fsp3) is 0.176. The smallest absolute Gasteiger partial charge is 0.232 e. The maximum absolute atomic E-state index is 12.5. The normalized spacial score (nSPS) is 13.4. The van der Waals surface area contributed by atoms with E-state index in [0.29, 0.717) is 6.42 Å². The molecule has 3 heterocycles. The molecular formula is C17H14N2O2S. The largest absolute Gasteiger partial charge is 0.356 e. The Morgan fingerprint density at radius 2 is 2.27 bits per heavy atom. The van der Waals surface area contributed by atoms with Crippen LogP contribution >= 0.6 is 11.3 Å². The molecule has 110 valence electrons. The van der Waals surface area contributed by atoms with Crippen LogP contribution in [-0.4, -0.2) is 17.6 Å². The minimum Gasteiger partial charge on any atom is -0.356 e. The first kappa shape index (κ1) is 13.3.